The molecule has 0 atom stereocenters. The number of aromatic nitrogens is 13. The lowest BCUT2D eigenvalue weighted by molar-refractivity contribution is 1.14. The summed E-state index contributed by atoms with van der Waals surface area (Å²) in [5.74, 6) is 0.788. The van der Waals surface area contributed by atoms with Crippen LogP contribution in [-0.4, -0.2) is 64.8 Å². The monoisotopic (exact) mass is 1630 g/mol. The minimum Gasteiger partial charge on any atom is -0.262 e. The van der Waals surface area contributed by atoms with Gasteiger partial charge in [-0.1, -0.05) is 215 Å². The Morgan fingerprint density at radius 3 is 0.831 bits per heavy atom. The van der Waals surface area contributed by atoms with E-state index in [1.807, 2.05) is 284 Å². The summed E-state index contributed by atoms with van der Waals surface area (Å²) in [5, 5.41) is 2.67. The van der Waals surface area contributed by atoms with Crippen LogP contribution in [0.1, 0.15) is 101 Å². The Bertz CT molecular complexity index is 5530. The fourth-order valence-electron chi connectivity index (χ4n) is 12.4. The molecule has 124 heavy (non-hydrogen) atoms. The molecular weight excluding hydrogens is 1520 g/mol. The third-order valence-corrected chi connectivity index (χ3v) is 19.2. The number of nitrogens with zero attached hydrogens (tertiary/aromatic N) is 13. The van der Waals surface area contributed by atoms with E-state index in [1.54, 1.807) is 0 Å². The van der Waals surface area contributed by atoms with Crippen LogP contribution in [0.3, 0.4) is 0 Å². The minimum atomic E-state index is 0.788. The summed E-state index contributed by atoms with van der Waals surface area (Å²) in [5.41, 5.74) is 36.4. The summed E-state index contributed by atoms with van der Waals surface area (Å²) in [4.78, 5) is 56.5. The molecule has 18 aromatic rings. The Morgan fingerprint density at radius 1 is 0.145 bits per heavy atom. The summed E-state index contributed by atoms with van der Waals surface area (Å²) >= 11 is 0. The average Bonchev–Trinajstić information content (AvgIpc) is 0.844. The molecule has 0 aliphatic carbocycles. The number of hydrogen-bond donors (Lipinski definition) is 0. The summed E-state index contributed by atoms with van der Waals surface area (Å²) < 4.78 is 0. The summed E-state index contributed by atoms with van der Waals surface area (Å²) in [7, 11) is 0. The Balaban J connectivity index is 0.000000146. The van der Waals surface area contributed by atoms with Crippen LogP contribution in [0.15, 0.2) is 347 Å². The van der Waals surface area contributed by atoms with Gasteiger partial charge < -0.3 is 0 Å². The first-order valence-corrected chi connectivity index (χ1v) is 41.6. The number of pyridine rings is 11. The van der Waals surface area contributed by atoms with E-state index in [9.17, 15) is 0 Å². The first kappa shape index (κ1) is 91.6. The van der Waals surface area contributed by atoms with E-state index < -0.39 is 0 Å². The van der Waals surface area contributed by atoms with Gasteiger partial charge in [0.25, 0.3) is 0 Å². The summed E-state index contributed by atoms with van der Waals surface area (Å²) in [6, 6.07) is 101. The first-order chi connectivity index (χ1) is 59.8. The van der Waals surface area contributed by atoms with Crippen molar-refractivity contribution >= 4 is 10.8 Å². The van der Waals surface area contributed by atoms with Crippen LogP contribution < -0.4 is 0 Å². The molecule has 0 radical (unpaired) electrons. The Hall–Kier alpha value is -14.7. The van der Waals surface area contributed by atoms with Crippen molar-refractivity contribution in [1.29, 1.82) is 0 Å². The highest BCUT2D eigenvalue weighted by atomic mass is 14.9. The molecule has 0 aliphatic heterocycles. The Labute approximate surface area is 733 Å². The molecule has 0 unspecified atom stereocenters. The first-order valence-electron chi connectivity index (χ1n) is 41.6. The van der Waals surface area contributed by atoms with Gasteiger partial charge in [-0.2, -0.15) is 0 Å². The molecule has 0 fully saturated rings. The van der Waals surface area contributed by atoms with Crippen molar-refractivity contribution in [3.8, 4) is 90.5 Å². The van der Waals surface area contributed by atoms with E-state index in [-0.39, 0.29) is 0 Å². The number of rotatable bonds is 8. The predicted molar refractivity (Wildman–Crippen MR) is 516 cm³/mol. The molecule has 0 saturated heterocycles. The van der Waals surface area contributed by atoms with Crippen LogP contribution in [0.5, 0.6) is 0 Å². The van der Waals surface area contributed by atoms with Crippen LogP contribution >= 0.6 is 0 Å². The molecule has 13 nitrogen and oxygen atoms in total. The number of hydrogen-bond acceptors (Lipinski definition) is 13. The lowest BCUT2D eigenvalue weighted by Crippen LogP contribution is -1.90. The van der Waals surface area contributed by atoms with E-state index >= 15 is 0 Å². The van der Waals surface area contributed by atoms with Gasteiger partial charge in [-0.3, -0.25) is 54.8 Å². The highest BCUT2D eigenvalue weighted by Gasteiger charge is 2.07. The van der Waals surface area contributed by atoms with Gasteiger partial charge in [0.15, 0.2) is 5.82 Å². The molecule has 0 amide bonds. The second kappa shape index (κ2) is 46.8. The van der Waals surface area contributed by atoms with E-state index in [0.29, 0.717) is 0 Å². The van der Waals surface area contributed by atoms with E-state index in [1.165, 1.54) is 88.7 Å². The van der Waals surface area contributed by atoms with Gasteiger partial charge in [-0.05, 0) is 284 Å². The van der Waals surface area contributed by atoms with Crippen LogP contribution in [-0.2, 0) is 0 Å². The van der Waals surface area contributed by atoms with Crippen molar-refractivity contribution in [1.82, 2.24) is 64.8 Å². The molecule has 0 saturated carbocycles. The quantitative estimate of drug-likeness (QED) is 0.141. The zero-order valence-corrected chi connectivity index (χ0v) is 74.7. The van der Waals surface area contributed by atoms with E-state index in [2.05, 4.69) is 252 Å². The molecule has 620 valence electrons. The maximum absolute atomic E-state index is 4.48. The molecule has 0 spiro atoms. The fourth-order valence-corrected chi connectivity index (χ4v) is 12.4. The molecule has 13 heteroatoms. The molecule has 12 aromatic heterocycles. The topological polar surface area (TPSA) is 168 Å². The van der Waals surface area contributed by atoms with Gasteiger partial charge in [0, 0.05) is 117 Å². The van der Waals surface area contributed by atoms with Gasteiger partial charge in [0.2, 0.25) is 0 Å². The second-order valence-electron chi connectivity index (χ2n) is 31.0. The highest BCUT2D eigenvalue weighted by molar-refractivity contribution is 5.83. The fraction of sp³-hybridized carbons (Fsp3) is 0.162. The molecule has 12 heterocycles. The SMILES string of the molecule is Cc1ccc(-c2ccc(C)cn2)cc1.Cc1ccc(-c2ccc(C)cn2)nc1.Cc1ccc(-c2cccc(C)n2)nc1.Cc1ccc(-c2ccnc(C)c2)cn1.Cc1ccc(-c2ncc(C)cn2)cc1.Cc1ccc2cc(C)ccc2c1.Cc1cccc(-c2cccc(C)n2)c1.Cc1cccc(-c2cccc(C)n2)c1.Cc1cccc(-c2cccc(C)n2)n1. The maximum Gasteiger partial charge on any atom is 0.159 e. The van der Waals surface area contributed by atoms with E-state index in [0.717, 1.165) is 114 Å². The second-order valence-corrected chi connectivity index (χ2v) is 31.0. The van der Waals surface area contributed by atoms with Gasteiger partial charge in [-0.25, -0.2) is 9.97 Å². The third kappa shape index (κ3) is 30.5. The largest absolute Gasteiger partial charge is 0.262 e. The molecule has 0 aliphatic rings. The lowest BCUT2D eigenvalue weighted by Gasteiger charge is -2.02. The van der Waals surface area contributed by atoms with Gasteiger partial charge in [0.05, 0.1) is 51.2 Å². The maximum atomic E-state index is 4.48. The third-order valence-electron chi connectivity index (χ3n) is 19.2. The van der Waals surface area contributed by atoms with E-state index in [4.69, 9.17) is 0 Å². The average molecular weight is 1630 g/mol. The molecule has 0 N–H and O–H groups in total. The van der Waals surface area contributed by atoms with Crippen molar-refractivity contribution in [3.63, 3.8) is 0 Å². The standard InChI is InChI=1S/3C13H13N.5C12H12N2.C12H12/c1-10-3-6-12(7-4-10)13-8-5-11(2)9-14-13;2*1-10-5-3-7-12(9-10)13-8-4-6-11(2)14-13;1-9-3-5-11(13-7-9)12-6-4-10(2)8-14-12;1-9-3-5-11(6-4-9)12-13-7-10(2)8-14-12;1-9-5-3-7-11(13-9)12-8-4-6-10(2)14-12;1-9-3-4-12(8-14-9)11-5-6-13-10(2)7-11;1-9-6-7-11(13-8-9)12-5-3-4-10(2)14-12;1-9-3-5-12-8-10(2)4-6-11(12)7-9/h3*3-9H,1-2H3;5*3-8H,1-2H3;3-8H,1-2H3. The van der Waals surface area contributed by atoms with Crippen molar-refractivity contribution in [2.75, 3.05) is 0 Å². The number of benzene rings is 6. The molecule has 0 bridgehead atoms. The van der Waals surface area contributed by atoms with Crippen molar-refractivity contribution in [2.24, 2.45) is 0 Å². The zero-order valence-electron chi connectivity index (χ0n) is 74.7. The summed E-state index contributed by atoms with van der Waals surface area (Å²) in [6.45, 7) is 36.7. The van der Waals surface area contributed by atoms with Crippen molar-refractivity contribution < 1.29 is 0 Å². The Morgan fingerprint density at radius 2 is 0.468 bits per heavy atom. The molecule has 6 aromatic carbocycles. The predicted octanol–water partition coefficient (Wildman–Crippen LogP) is 27.4. The smallest absolute Gasteiger partial charge is 0.159 e. The highest BCUT2D eigenvalue weighted by Crippen LogP contribution is 2.25. The van der Waals surface area contributed by atoms with Crippen molar-refractivity contribution in [3.05, 3.63) is 448 Å². The van der Waals surface area contributed by atoms with Crippen molar-refractivity contribution in [2.45, 2.75) is 125 Å². The van der Waals surface area contributed by atoms with Crippen LogP contribution in [0.4, 0.5) is 0 Å². The van der Waals surface area contributed by atoms with Crippen LogP contribution in [0.2, 0.25) is 0 Å². The van der Waals surface area contributed by atoms with Gasteiger partial charge in [-0.15, -0.1) is 0 Å². The van der Waals surface area contributed by atoms with Crippen LogP contribution in [0.25, 0.3) is 101 Å². The van der Waals surface area contributed by atoms with Gasteiger partial charge >= 0.3 is 0 Å². The Kier molecular flexibility index (Phi) is 34.6. The lowest BCUT2D eigenvalue weighted by atomic mass is 10.1. The summed E-state index contributed by atoms with van der Waals surface area (Å²) in [6.07, 6.45) is 14.9. The zero-order chi connectivity index (χ0) is 88.3. The number of fused-ring (bicyclic) bond motifs is 1. The minimum absolute atomic E-state index is 0.788. The number of aryl methyl sites for hydroxylation is 18. The van der Waals surface area contributed by atoms with Crippen LogP contribution in [0, 0.1) is 125 Å². The molecule has 18 rings (SSSR count). The van der Waals surface area contributed by atoms with Gasteiger partial charge in [0.1, 0.15) is 0 Å². The normalized spacial score (nSPS) is 10.2. The molecular formula is C111H111N13.